The summed E-state index contributed by atoms with van der Waals surface area (Å²) < 4.78 is 5.94. The maximum Gasteiger partial charge on any atom is 0.198 e. The van der Waals surface area contributed by atoms with Gasteiger partial charge in [0.05, 0.1) is 10.1 Å². The molecule has 0 saturated carbocycles. The molecule has 0 aromatic carbocycles. The van der Waals surface area contributed by atoms with Crippen LogP contribution in [0.3, 0.4) is 0 Å². The van der Waals surface area contributed by atoms with Crippen molar-refractivity contribution >= 4 is 57.7 Å². The zero-order chi connectivity index (χ0) is 19.6. The molecule has 0 bridgehead atoms. The van der Waals surface area contributed by atoms with E-state index < -0.39 is 5.60 Å². The van der Waals surface area contributed by atoms with Gasteiger partial charge in [-0.15, -0.1) is 0 Å². The van der Waals surface area contributed by atoms with Crippen molar-refractivity contribution in [2.24, 2.45) is 11.8 Å². The molecule has 0 aliphatic heterocycles. The van der Waals surface area contributed by atoms with Crippen molar-refractivity contribution in [2.75, 3.05) is 0 Å². The summed E-state index contributed by atoms with van der Waals surface area (Å²) in [6.45, 7) is 9.75. The van der Waals surface area contributed by atoms with Crippen LogP contribution in [0.25, 0.3) is 0 Å². The van der Waals surface area contributed by atoms with Gasteiger partial charge >= 0.3 is 0 Å². The van der Waals surface area contributed by atoms with Crippen LogP contribution in [0.1, 0.15) is 60.3 Å². The van der Waals surface area contributed by atoms with Crippen LogP contribution in [-0.4, -0.2) is 15.6 Å². The van der Waals surface area contributed by atoms with E-state index in [4.69, 9.17) is 52.4 Å². The minimum absolute atomic E-state index is 0.219. The number of thiocarbonyl (C=S) groups is 2. The molecule has 2 unspecified atom stereocenters. The van der Waals surface area contributed by atoms with E-state index in [0.29, 0.717) is 28.5 Å². The molecular formula is C19H25Cl2NOS2. The van der Waals surface area contributed by atoms with Crippen LogP contribution in [0.4, 0.5) is 0 Å². The molecule has 0 saturated heterocycles. The fourth-order valence-corrected chi connectivity index (χ4v) is 3.31. The molecule has 0 fully saturated rings. The average molecular weight is 418 g/mol. The highest BCUT2D eigenvalue weighted by atomic mass is 35.5. The molecule has 0 rings (SSSR count). The number of nitrogens with zero attached hydrogens (tertiary/aromatic N) is 1. The smallest absolute Gasteiger partial charge is 0.198 e. The molecule has 0 aromatic heterocycles. The highest BCUT2D eigenvalue weighted by Crippen LogP contribution is 2.40. The van der Waals surface area contributed by atoms with E-state index in [2.05, 4.69) is 16.1 Å². The van der Waals surface area contributed by atoms with Crippen molar-refractivity contribution < 1.29 is 4.74 Å². The van der Waals surface area contributed by atoms with E-state index in [9.17, 15) is 5.26 Å². The zero-order valence-corrected chi connectivity index (χ0v) is 18.6. The summed E-state index contributed by atoms with van der Waals surface area (Å²) in [4.78, 5) is 0. The monoisotopic (exact) mass is 417 g/mol. The number of halogens is 2. The molecular weight excluding hydrogens is 393 g/mol. The lowest BCUT2D eigenvalue weighted by atomic mass is 9.81. The van der Waals surface area contributed by atoms with E-state index in [1.54, 1.807) is 0 Å². The Labute approximate surface area is 172 Å². The van der Waals surface area contributed by atoms with Gasteiger partial charge in [0.25, 0.3) is 0 Å². The van der Waals surface area contributed by atoms with Gasteiger partial charge in [-0.3, -0.25) is 0 Å². The summed E-state index contributed by atoms with van der Waals surface area (Å²) in [5.74, 6) is -0.346. The third kappa shape index (κ3) is 8.06. The normalized spacial score (nSPS) is 12.9. The summed E-state index contributed by atoms with van der Waals surface area (Å²) in [7, 11) is 0. The molecule has 0 aliphatic rings. The summed E-state index contributed by atoms with van der Waals surface area (Å²) in [6, 6.07) is 2.18. The van der Waals surface area contributed by atoms with Crippen LogP contribution in [0.2, 0.25) is 0 Å². The molecule has 0 amide bonds. The number of allylic oxidation sites excluding steroid dienone is 4. The Balaban J connectivity index is 6.68. The van der Waals surface area contributed by atoms with Gasteiger partial charge in [0.1, 0.15) is 11.7 Å². The van der Waals surface area contributed by atoms with Gasteiger partial charge in [-0.2, -0.15) is 5.26 Å². The van der Waals surface area contributed by atoms with Gasteiger partial charge in [-0.25, -0.2) is 0 Å². The van der Waals surface area contributed by atoms with Crippen LogP contribution in [0, 0.1) is 23.2 Å². The first kappa shape index (κ1) is 24.4. The van der Waals surface area contributed by atoms with Gasteiger partial charge in [0.2, 0.25) is 0 Å². The maximum atomic E-state index is 9.77. The lowest BCUT2D eigenvalue weighted by Gasteiger charge is -2.29. The molecule has 25 heavy (non-hydrogen) atoms. The van der Waals surface area contributed by atoms with Crippen LogP contribution < -0.4 is 0 Å². The lowest BCUT2D eigenvalue weighted by molar-refractivity contribution is 0.0573. The third-order valence-electron chi connectivity index (χ3n) is 3.48. The highest BCUT2D eigenvalue weighted by Gasteiger charge is 2.32. The molecule has 2 nitrogen and oxygen atoms in total. The van der Waals surface area contributed by atoms with Gasteiger partial charge < -0.3 is 4.74 Å². The molecule has 0 heterocycles. The zero-order valence-electron chi connectivity index (χ0n) is 15.4. The van der Waals surface area contributed by atoms with Crippen LogP contribution in [0.5, 0.6) is 0 Å². The number of ether oxygens (including phenoxy) is 1. The van der Waals surface area contributed by atoms with Crippen molar-refractivity contribution in [1.29, 1.82) is 5.26 Å². The standard InChI is InChI=1S/C19H25Cl2NOS2/c1-6-8-13(15(20)11-24)18(14(9-7-2)16(21)12-25)17(10-22)23-19(3,4)5/h13-14H,6-9H2,1-5H3. The largest absolute Gasteiger partial charge is 0.478 e. The number of nitriles is 1. The topological polar surface area (TPSA) is 33.0 Å². The van der Waals surface area contributed by atoms with E-state index >= 15 is 0 Å². The summed E-state index contributed by atoms with van der Waals surface area (Å²) in [6.07, 6.45) is 3.12. The Morgan fingerprint density at radius 1 is 1.00 bits per heavy atom. The maximum absolute atomic E-state index is 9.77. The molecule has 0 spiro atoms. The minimum atomic E-state index is -0.536. The van der Waals surface area contributed by atoms with E-state index in [1.807, 2.05) is 34.6 Å². The average Bonchev–Trinajstić information content (AvgIpc) is 2.56. The quantitative estimate of drug-likeness (QED) is 0.233. The van der Waals surface area contributed by atoms with E-state index in [-0.39, 0.29) is 17.6 Å². The first-order valence-corrected chi connectivity index (χ1v) is 9.88. The Morgan fingerprint density at radius 2 is 1.40 bits per heavy atom. The first-order chi connectivity index (χ1) is 11.7. The number of hydrogen-bond acceptors (Lipinski definition) is 4. The van der Waals surface area contributed by atoms with E-state index in [0.717, 1.165) is 12.8 Å². The number of rotatable bonds is 9. The van der Waals surface area contributed by atoms with E-state index in [1.165, 1.54) is 0 Å². The number of hydrogen-bond donors (Lipinski definition) is 0. The van der Waals surface area contributed by atoms with Crippen LogP contribution in [-0.2, 0) is 4.74 Å². The first-order valence-electron chi connectivity index (χ1n) is 8.30. The Kier molecular flexibility index (Phi) is 11.6. The Hall–Kier alpha value is -0.650. The van der Waals surface area contributed by atoms with Gasteiger partial charge in [0.15, 0.2) is 5.76 Å². The van der Waals surface area contributed by atoms with Crippen molar-refractivity contribution in [3.05, 3.63) is 21.4 Å². The highest BCUT2D eigenvalue weighted by molar-refractivity contribution is 7.78. The molecule has 6 heteroatoms. The molecule has 0 radical (unpaired) electrons. The van der Waals surface area contributed by atoms with Crippen molar-refractivity contribution in [2.45, 2.75) is 65.9 Å². The lowest BCUT2D eigenvalue weighted by Crippen LogP contribution is -2.24. The Morgan fingerprint density at radius 3 is 1.64 bits per heavy atom. The summed E-state index contributed by atoms with van der Waals surface area (Å²) >= 11 is 22.6. The van der Waals surface area contributed by atoms with Gasteiger partial charge in [0, 0.05) is 17.4 Å². The van der Waals surface area contributed by atoms with Gasteiger partial charge in [-0.1, -0.05) is 49.9 Å². The summed E-state index contributed by atoms with van der Waals surface area (Å²) in [5, 5.41) is 15.7. The van der Waals surface area contributed by atoms with Crippen LogP contribution >= 0.6 is 47.6 Å². The fourth-order valence-electron chi connectivity index (χ4n) is 2.57. The van der Waals surface area contributed by atoms with Crippen LogP contribution in [0.15, 0.2) is 21.4 Å². The molecule has 0 N–H and O–H groups in total. The van der Waals surface area contributed by atoms with Gasteiger partial charge in [-0.05, 0) is 68.1 Å². The SMILES string of the molecule is CCCC(C(Cl)=C=S)C(=C(C#N)OC(C)(C)C)C(CCC)C(Cl)=C=S. The third-order valence-corrected chi connectivity index (χ3v) is 4.86. The molecule has 0 aliphatic carbocycles. The molecule has 2 atom stereocenters. The summed E-state index contributed by atoms with van der Waals surface area (Å²) in [5.41, 5.74) is 0.178. The second-order valence-corrected chi connectivity index (χ2v) is 7.92. The second kappa shape index (κ2) is 11.9. The molecule has 0 aromatic rings. The molecule has 138 valence electrons. The predicted octanol–water partition coefficient (Wildman–Crippen LogP) is 6.85. The Bertz CT molecular complexity index is 595. The minimum Gasteiger partial charge on any atom is -0.478 e. The fraction of sp³-hybridized carbons (Fsp3) is 0.632. The van der Waals surface area contributed by atoms with Crippen molar-refractivity contribution in [1.82, 2.24) is 0 Å². The van der Waals surface area contributed by atoms with Crippen molar-refractivity contribution in [3.8, 4) is 6.07 Å². The van der Waals surface area contributed by atoms with Crippen molar-refractivity contribution in [3.63, 3.8) is 0 Å². The second-order valence-electron chi connectivity index (χ2n) is 6.69. The predicted molar refractivity (Wildman–Crippen MR) is 114 cm³/mol.